The molecule has 0 bridgehead atoms. The summed E-state index contributed by atoms with van der Waals surface area (Å²) in [5.41, 5.74) is 0.414. The number of ether oxygens (including phenoxy) is 1. The first-order valence-corrected chi connectivity index (χ1v) is 6.68. The Kier molecular flexibility index (Phi) is 3.79. The van der Waals surface area contributed by atoms with Crippen molar-refractivity contribution in [2.45, 2.75) is 6.92 Å². The van der Waals surface area contributed by atoms with Gasteiger partial charge in [-0.15, -0.1) is 11.3 Å². The zero-order valence-electron chi connectivity index (χ0n) is 9.36. The van der Waals surface area contributed by atoms with Crippen molar-refractivity contribution in [2.24, 2.45) is 0 Å². The minimum absolute atomic E-state index is 0.282. The topological polar surface area (TPSA) is 75.0 Å². The van der Waals surface area contributed by atoms with Crippen molar-refractivity contribution in [1.29, 1.82) is 5.26 Å². The summed E-state index contributed by atoms with van der Waals surface area (Å²) in [5, 5.41) is 13.0. The molecule has 0 saturated heterocycles. The lowest BCUT2D eigenvalue weighted by molar-refractivity contribution is 0.168. The first kappa shape index (κ1) is 12.8. The molecule has 0 aliphatic heterocycles. The third-order valence-electron chi connectivity index (χ3n) is 2.16. The number of anilines is 1. The SMILES string of the molecule is CCOC(=O)Nc1sc2cncc(Br)c2c1C#N. The molecule has 7 heteroatoms. The molecule has 0 fully saturated rings. The highest BCUT2D eigenvalue weighted by molar-refractivity contribution is 9.10. The molecule has 0 unspecified atom stereocenters. The number of rotatable bonds is 2. The predicted octanol–water partition coefficient (Wildman–Crippen LogP) is 3.50. The van der Waals surface area contributed by atoms with Gasteiger partial charge in [0.25, 0.3) is 0 Å². The number of nitrogens with one attached hydrogen (secondary N) is 1. The summed E-state index contributed by atoms with van der Waals surface area (Å²) in [4.78, 5) is 15.4. The van der Waals surface area contributed by atoms with Gasteiger partial charge in [-0.3, -0.25) is 10.3 Å². The van der Waals surface area contributed by atoms with Gasteiger partial charge < -0.3 is 4.74 Å². The van der Waals surface area contributed by atoms with Crippen LogP contribution < -0.4 is 5.32 Å². The lowest BCUT2D eigenvalue weighted by atomic mass is 10.2. The van der Waals surface area contributed by atoms with Crippen molar-refractivity contribution in [3.8, 4) is 6.07 Å². The van der Waals surface area contributed by atoms with Crippen LogP contribution in [0.25, 0.3) is 10.1 Å². The maximum atomic E-state index is 11.4. The number of thiophene rings is 1. The molecule has 0 aliphatic carbocycles. The zero-order chi connectivity index (χ0) is 13.1. The number of fused-ring (bicyclic) bond motifs is 1. The van der Waals surface area contributed by atoms with Gasteiger partial charge in [0.2, 0.25) is 0 Å². The number of pyridine rings is 1. The quantitative estimate of drug-likeness (QED) is 0.916. The van der Waals surface area contributed by atoms with Gasteiger partial charge >= 0.3 is 6.09 Å². The number of nitriles is 1. The van der Waals surface area contributed by atoms with E-state index in [0.717, 1.165) is 14.6 Å². The van der Waals surface area contributed by atoms with Gasteiger partial charge in [0.15, 0.2) is 0 Å². The van der Waals surface area contributed by atoms with Gasteiger partial charge in [0.1, 0.15) is 11.1 Å². The van der Waals surface area contributed by atoms with Crippen molar-refractivity contribution in [3.05, 3.63) is 22.4 Å². The monoisotopic (exact) mass is 325 g/mol. The third kappa shape index (κ3) is 2.30. The summed E-state index contributed by atoms with van der Waals surface area (Å²) in [5.74, 6) is 0. The maximum Gasteiger partial charge on any atom is 0.412 e. The van der Waals surface area contributed by atoms with Gasteiger partial charge in [-0.05, 0) is 22.9 Å². The molecule has 5 nitrogen and oxygen atoms in total. The molecule has 0 saturated carbocycles. The van der Waals surface area contributed by atoms with Gasteiger partial charge in [-0.1, -0.05) is 0 Å². The molecular weight excluding hydrogens is 318 g/mol. The molecule has 0 atom stereocenters. The summed E-state index contributed by atoms with van der Waals surface area (Å²) in [7, 11) is 0. The molecule has 92 valence electrons. The lowest BCUT2D eigenvalue weighted by Gasteiger charge is -2.02. The van der Waals surface area contributed by atoms with Crippen molar-refractivity contribution in [3.63, 3.8) is 0 Å². The number of carbonyl (C=O) groups excluding carboxylic acids is 1. The van der Waals surface area contributed by atoms with Crippen LogP contribution in [0.4, 0.5) is 9.80 Å². The number of amides is 1. The molecule has 0 aromatic carbocycles. The summed E-state index contributed by atoms with van der Waals surface area (Å²) in [6, 6.07) is 2.09. The van der Waals surface area contributed by atoms with Crippen molar-refractivity contribution in [1.82, 2.24) is 4.98 Å². The first-order valence-electron chi connectivity index (χ1n) is 5.07. The van der Waals surface area contributed by atoms with Crippen molar-refractivity contribution in [2.75, 3.05) is 11.9 Å². The molecule has 0 aliphatic rings. The van der Waals surface area contributed by atoms with Crippen LogP contribution in [0.2, 0.25) is 0 Å². The van der Waals surface area contributed by atoms with E-state index in [1.807, 2.05) is 0 Å². The Bertz CT molecular complexity index is 648. The predicted molar refractivity (Wildman–Crippen MR) is 72.7 cm³/mol. The van der Waals surface area contributed by atoms with E-state index in [0.29, 0.717) is 10.6 Å². The Hall–Kier alpha value is -1.65. The normalized spacial score (nSPS) is 10.1. The first-order chi connectivity index (χ1) is 8.67. The molecule has 0 radical (unpaired) electrons. The van der Waals surface area contributed by atoms with Crippen LogP contribution >= 0.6 is 27.3 Å². The Morgan fingerprint density at radius 3 is 3.11 bits per heavy atom. The highest BCUT2D eigenvalue weighted by atomic mass is 79.9. The summed E-state index contributed by atoms with van der Waals surface area (Å²) < 4.78 is 6.34. The Morgan fingerprint density at radius 2 is 2.44 bits per heavy atom. The second kappa shape index (κ2) is 5.33. The maximum absolute atomic E-state index is 11.4. The number of hydrogen-bond acceptors (Lipinski definition) is 5. The van der Waals surface area contributed by atoms with E-state index >= 15 is 0 Å². The second-order valence-electron chi connectivity index (χ2n) is 3.26. The van der Waals surface area contributed by atoms with E-state index < -0.39 is 6.09 Å². The van der Waals surface area contributed by atoms with E-state index in [1.165, 1.54) is 11.3 Å². The number of hydrogen-bond donors (Lipinski definition) is 1. The Morgan fingerprint density at radius 1 is 1.67 bits per heavy atom. The highest BCUT2D eigenvalue weighted by Crippen LogP contribution is 2.38. The zero-order valence-corrected chi connectivity index (χ0v) is 11.8. The van der Waals surface area contributed by atoms with Gasteiger partial charge in [-0.2, -0.15) is 5.26 Å². The number of halogens is 1. The molecule has 0 spiro atoms. The average molecular weight is 326 g/mol. The van der Waals surface area contributed by atoms with Crippen LogP contribution in [0, 0.1) is 11.3 Å². The average Bonchev–Trinajstić information content (AvgIpc) is 2.68. The molecule has 18 heavy (non-hydrogen) atoms. The summed E-state index contributed by atoms with van der Waals surface area (Å²) in [6.07, 6.45) is 2.70. The fraction of sp³-hybridized carbons (Fsp3) is 0.182. The second-order valence-corrected chi connectivity index (χ2v) is 5.16. The molecule has 1 N–H and O–H groups in total. The third-order valence-corrected chi connectivity index (χ3v) is 3.80. The highest BCUT2D eigenvalue weighted by Gasteiger charge is 2.16. The van der Waals surface area contributed by atoms with Crippen LogP contribution in [-0.4, -0.2) is 17.7 Å². The van der Waals surface area contributed by atoms with E-state index in [1.54, 1.807) is 19.3 Å². The molecule has 2 aromatic rings. The smallest absolute Gasteiger partial charge is 0.412 e. The van der Waals surface area contributed by atoms with Crippen molar-refractivity contribution >= 4 is 48.4 Å². The van der Waals surface area contributed by atoms with Crippen LogP contribution in [0.5, 0.6) is 0 Å². The van der Waals surface area contributed by atoms with Gasteiger partial charge in [0, 0.05) is 22.3 Å². The van der Waals surface area contributed by atoms with Crippen LogP contribution in [-0.2, 0) is 4.74 Å². The number of nitrogens with zero attached hydrogens (tertiary/aromatic N) is 2. The van der Waals surface area contributed by atoms with E-state index in [9.17, 15) is 10.1 Å². The number of carbonyl (C=O) groups is 1. The van der Waals surface area contributed by atoms with Crippen LogP contribution in [0.3, 0.4) is 0 Å². The molecule has 2 aromatic heterocycles. The van der Waals surface area contributed by atoms with Crippen LogP contribution in [0.15, 0.2) is 16.9 Å². The number of aromatic nitrogens is 1. The van der Waals surface area contributed by atoms with Gasteiger partial charge in [-0.25, -0.2) is 4.79 Å². The van der Waals surface area contributed by atoms with Crippen LogP contribution in [0.1, 0.15) is 12.5 Å². The Labute approximate surface area is 116 Å². The molecule has 2 rings (SSSR count). The molecule has 2 heterocycles. The summed E-state index contributed by atoms with van der Waals surface area (Å²) >= 11 is 4.64. The molecular formula is C11H8BrN3O2S. The standard InChI is InChI=1S/C11H8BrN3O2S/c1-2-17-11(16)15-10-6(3-13)9-7(12)4-14-5-8(9)18-10/h4-5H,2H2,1H3,(H,15,16). The van der Waals surface area contributed by atoms with Gasteiger partial charge in [0.05, 0.1) is 16.9 Å². The Balaban J connectivity index is 2.49. The summed E-state index contributed by atoms with van der Waals surface area (Å²) in [6.45, 7) is 2.00. The van der Waals surface area contributed by atoms with E-state index in [2.05, 4.69) is 32.3 Å². The fourth-order valence-electron chi connectivity index (χ4n) is 1.47. The molecule has 1 amide bonds. The fourth-order valence-corrected chi connectivity index (χ4v) is 3.16. The van der Waals surface area contributed by atoms with E-state index in [-0.39, 0.29) is 6.61 Å². The largest absolute Gasteiger partial charge is 0.450 e. The minimum Gasteiger partial charge on any atom is -0.450 e. The van der Waals surface area contributed by atoms with E-state index in [4.69, 9.17) is 4.74 Å². The minimum atomic E-state index is -0.565. The lowest BCUT2D eigenvalue weighted by Crippen LogP contribution is -2.12. The van der Waals surface area contributed by atoms with Crippen molar-refractivity contribution < 1.29 is 9.53 Å².